The Bertz CT molecular complexity index is 429. The molecule has 2 rings (SSSR count). The van der Waals surface area contributed by atoms with Crippen LogP contribution in [0.25, 0.3) is 0 Å². The van der Waals surface area contributed by atoms with E-state index in [9.17, 15) is 4.79 Å². The van der Waals surface area contributed by atoms with Gasteiger partial charge in [0.2, 0.25) is 5.91 Å². The lowest BCUT2D eigenvalue weighted by atomic mass is 9.90. The molecule has 0 heterocycles. The van der Waals surface area contributed by atoms with Crippen molar-refractivity contribution in [3.05, 3.63) is 29.3 Å². The lowest BCUT2D eigenvalue weighted by molar-refractivity contribution is -0.116. The summed E-state index contributed by atoms with van der Waals surface area (Å²) in [6.07, 6.45) is 8.32. The van der Waals surface area contributed by atoms with Crippen LogP contribution in [0.5, 0.6) is 0 Å². The van der Waals surface area contributed by atoms with Crippen LogP contribution in [-0.4, -0.2) is 12.5 Å². The maximum absolute atomic E-state index is 11.9. The fourth-order valence-corrected chi connectivity index (χ4v) is 2.72. The average Bonchev–Trinajstić information content (AvgIpc) is 2.44. The zero-order valence-electron chi connectivity index (χ0n) is 11.6. The molecule has 0 saturated carbocycles. The van der Waals surface area contributed by atoms with E-state index in [4.69, 9.17) is 5.73 Å². The first-order chi connectivity index (χ1) is 9.31. The Morgan fingerprint density at radius 3 is 2.84 bits per heavy atom. The van der Waals surface area contributed by atoms with Crippen LogP contribution in [0, 0.1) is 0 Å². The molecule has 0 atom stereocenters. The highest BCUT2D eigenvalue weighted by Crippen LogP contribution is 2.27. The summed E-state index contributed by atoms with van der Waals surface area (Å²) in [4.78, 5) is 11.9. The number of fused-ring (bicyclic) bond motifs is 1. The molecule has 0 bridgehead atoms. The van der Waals surface area contributed by atoms with E-state index in [0.29, 0.717) is 13.0 Å². The Balaban J connectivity index is 1.90. The number of rotatable bonds is 6. The van der Waals surface area contributed by atoms with Crippen molar-refractivity contribution in [1.82, 2.24) is 0 Å². The Hall–Kier alpha value is -1.35. The largest absolute Gasteiger partial charge is 0.330 e. The van der Waals surface area contributed by atoms with Crippen LogP contribution in [0.4, 0.5) is 5.69 Å². The van der Waals surface area contributed by atoms with Crippen LogP contribution >= 0.6 is 0 Å². The van der Waals surface area contributed by atoms with Gasteiger partial charge in [0.1, 0.15) is 0 Å². The molecule has 3 nitrogen and oxygen atoms in total. The van der Waals surface area contributed by atoms with Gasteiger partial charge >= 0.3 is 0 Å². The quantitative estimate of drug-likeness (QED) is 0.772. The van der Waals surface area contributed by atoms with Gasteiger partial charge in [-0.15, -0.1) is 0 Å². The van der Waals surface area contributed by atoms with E-state index in [2.05, 4.69) is 11.4 Å². The third-order valence-corrected chi connectivity index (χ3v) is 3.78. The molecule has 1 aliphatic rings. The lowest BCUT2D eigenvalue weighted by Gasteiger charge is -2.19. The maximum Gasteiger partial charge on any atom is 0.224 e. The van der Waals surface area contributed by atoms with Crippen LogP contribution in [0.3, 0.4) is 0 Å². The summed E-state index contributed by atoms with van der Waals surface area (Å²) in [6.45, 7) is 0.716. The van der Waals surface area contributed by atoms with Crippen LogP contribution in [-0.2, 0) is 17.6 Å². The number of amides is 1. The number of carbonyl (C=O) groups excluding carboxylic acids is 1. The number of unbranched alkanes of at least 4 members (excludes halogenated alkanes) is 2. The Morgan fingerprint density at radius 1 is 1.16 bits per heavy atom. The molecule has 1 amide bonds. The van der Waals surface area contributed by atoms with Crippen molar-refractivity contribution < 1.29 is 4.79 Å². The topological polar surface area (TPSA) is 55.1 Å². The minimum absolute atomic E-state index is 0.135. The second kappa shape index (κ2) is 7.29. The fraction of sp³-hybridized carbons (Fsp3) is 0.562. The molecule has 19 heavy (non-hydrogen) atoms. The van der Waals surface area contributed by atoms with Gasteiger partial charge in [-0.3, -0.25) is 4.79 Å². The molecule has 1 aromatic rings. The standard InChI is InChI=1S/C16H24N2O/c17-12-5-1-2-11-16(19)18-15-10-6-8-13-7-3-4-9-14(13)15/h6,8,10H,1-5,7,9,11-12,17H2,(H,18,19). The molecule has 0 unspecified atom stereocenters. The van der Waals surface area contributed by atoms with E-state index in [1.807, 2.05) is 12.1 Å². The predicted octanol–water partition coefficient (Wildman–Crippen LogP) is 3.02. The molecular formula is C16H24N2O. The number of anilines is 1. The summed E-state index contributed by atoms with van der Waals surface area (Å²) in [5, 5.41) is 3.08. The molecule has 1 aliphatic carbocycles. The van der Waals surface area contributed by atoms with Gasteiger partial charge in [0, 0.05) is 12.1 Å². The normalized spacial score (nSPS) is 13.9. The molecule has 3 heteroatoms. The first-order valence-corrected chi connectivity index (χ1v) is 7.42. The van der Waals surface area contributed by atoms with Crippen molar-refractivity contribution in [3.8, 4) is 0 Å². The van der Waals surface area contributed by atoms with E-state index in [1.165, 1.54) is 24.0 Å². The average molecular weight is 260 g/mol. The number of nitrogens with one attached hydrogen (secondary N) is 1. The monoisotopic (exact) mass is 260 g/mol. The number of nitrogens with two attached hydrogens (primary N) is 1. The van der Waals surface area contributed by atoms with Gasteiger partial charge in [0.05, 0.1) is 0 Å². The molecule has 0 spiro atoms. The second-order valence-electron chi connectivity index (χ2n) is 5.30. The molecule has 0 saturated heterocycles. The highest BCUT2D eigenvalue weighted by atomic mass is 16.1. The minimum Gasteiger partial charge on any atom is -0.330 e. The summed E-state index contributed by atoms with van der Waals surface area (Å²) in [5.74, 6) is 0.135. The molecule has 104 valence electrons. The van der Waals surface area contributed by atoms with Crippen molar-refractivity contribution in [2.75, 3.05) is 11.9 Å². The minimum atomic E-state index is 0.135. The number of aryl methyl sites for hydroxylation is 1. The fourth-order valence-electron chi connectivity index (χ4n) is 2.72. The van der Waals surface area contributed by atoms with Gasteiger partial charge in [0.15, 0.2) is 0 Å². The van der Waals surface area contributed by atoms with Gasteiger partial charge in [-0.25, -0.2) is 0 Å². The van der Waals surface area contributed by atoms with Crippen molar-refractivity contribution >= 4 is 11.6 Å². The SMILES string of the molecule is NCCCCCC(=O)Nc1cccc2c1CCCC2. The summed E-state index contributed by atoms with van der Waals surface area (Å²) >= 11 is 0. The van der Waals surface area contributed by atoms with Crippen molar-refractivity contribution in [2.45, 2.75) is 51.4 Å². The maximum atomic E-state index is 11.9. The first-order valence-electron chi connectivity index (χ1n) is 7.42. The molecule has 0 fully saturated rings. The Morgan fingerprint density at radius 2 is 2.00 bits per heavy atom. The van der Waals surface area contributed by atoms with Crippen LogP contribution in [0.2, 0.25) is 0 Å². The third-order valence-electron chi connectivity index (χ3n) is 3.78. The lowest BCUT2D eigenvalue weighted by Crippen LogP contribution is -2.15. The molecular weight excluding hydrogens is 236 g/mol. The summed E-state index contributed by atoms with van der Waals surface area (Å²) in [5.41, 5.74) is 9.23. The van der Waals surface area contributed by atoms with E-state index in [0.717, 1.165) is 37.8 Å². The highest BCUT2D eigenvalue weighted by molar-refractivity contribution is 5.91. The van der Waals surface area contributed by atoms with Crippen LogP contribution in [0.1, 0.15) is 49.7 Å². The smallest absolute Gasteiger partial charge is 0.224 e. The zero-order valence-corrected chi connectivity index (χ0v) is 11.6. The van der Waals surface area contributed by atoms with Crippen molar-refractivity contribution in [1.29, 1.82) is 0 Å². The van der Waals surface area contributed by atoms with Gasteiger partial charge in [-0.2, -0.15) is 0 Å². The van der Waals surface area contributed by atoms with Crippen molar-refractivity contribution in [2.24, 2.45) is 5.73 Å². The van der Waals surface area contributed by atoms with Crippen LogP contribution < -0.4 is 11.1 Å². The first kappa shape index (κ1) is 14.1. The molecule has 0 radical (unpaired) electrons. The van der Waals surface area contributed by atoms with Gasteiger partial charge in [-0.05, 0) is 62.3 Å². The highest BCUT2D eigenvalue weighted by Gasteiger charge is 2.14. The third kappa shape index (κ3) is 4.06. The zero-order chi connectivity index (χ0) is 13.5. The van der Waals surface area contributed by atoms with E-state index >= 15 is 0 Å². The number of hydrogen-bond acceptors (Lipinski definition) is 2. The van der Waals surface area contributed by atoms with Crippen LogP contribution in [0.15, 0.2) is 18.2 Å². The second-order valence-corrected chi connectivity index (χ2v) is 5.30. The molecule has 0 aliphatic heterocycles. The van der Waals surface area contributed by atoms with E-state index in [1.54, 1.807) is 0 Å². The Kier molecular flexibility index (Phi) is 5.40. The van der Waals surface area contributed by atoms with Gasteiger partial charge in [0.25, 0.3) is 0 Å². The summed E-state index contributed by atoms with van der Waals surface area (Å²) < 4.78 is 0. The summed E-state index contributed by atoms with van der Waals surface area (Å²) in [7, 11) is 0. The number of benzene rings is 1. The number of hydrogen-bond donors (Lipinski definition) is 2. The predicted molar refractivity (Wildman–Crippen MR) is 79.2 cm³/mol. The van der Waals surface area contributed by atoms with Crippen molar-refractivity contribution in [3.63, 3.8) is 0 Å². The Labute approximate surface area is 115 Å². The van der Waals surface area contributed by atoms with E-state index < -0.39 is 0 Å². The molecule has 0 aromatic heterocycles. The molecule has 1 aromatic carbocycles. The number of carbonyl (C=O) groups is 1. The van der Waals surface area contributed by atoms with Gasteiger partial charge in [-0.1, -0.05) is 18.6 Å². The van der Waals surface area contributed by atoms with Gasteiger partial charge < -0.3 is 11.1 Å². The van der Waals surface area contributed by atoms with E-state index in [-0.39, 0.29) is 5.91 Å². The summed E-state index contributed by atoms with van der Waals surface area (Å²) in [6, 6.07) is 6.27. The molecule has 3 N–H and O–H groups in total.